The molecular formula is C56H101N11O12. The van der Waals surface area contributed by atoms with Crippen molar-refractivity contribution in [3.8, 4) is 0 Å². The van der Waals surface area contributed by atoms with Gasteiger partial charge >= 0.3 is 0 Å². The van der Waals surface area contributed by atoms with E-state index in [9.17, 15) is 57.8 Å². The van der Waals surface area contributed by atoms with Crippen molar-refractivity contribution in [2.24, 2.45) is 35.5 Å². The molecule has 1 fully saturated rings. The Labute approximate surface area is 471 Å². The van der Waals surface area contributed by atoms with E-state index in [1.165, 1.54) is 87.7 Å². The highest BCUT2D eigenvalue weighted by Gasteiger charge is 2.44. The number of aliphatic hydroxyl groups excluding tert-OH is 1. The summed E-state index contributed by atoms with van der Waals surface area (Å²) in [5, 5.41) is 21.5. The van der Waals surface area contributed by atoms with E-state index in [1.807, 2.05) is 55.4 Å². The van der Waals surface area contributed by atoms with Crippen molar-refractivity contribution in [3.05, 3.63) is 0 Å². The number of aliphatic hydroxyl groups is 1. The summed E-state index contributed by atoms with van der Waals surface area (Å²) in [6.07, 6.45) is 0.684. The van der Waals surface area contributed by atoms with E-state index in [0.717, 1.165) is 9.80 Å². The van der Waals surface area contributed by atoms with E-state index in [-0.39, 0.29) is 55.8 Å². The summed E-state index contributed by atoms with van der Waals surface area (Å²) >= 11 is 0. The molecule has 23 nitrogen and oxygen atoms in total. The number of likely N-dealkylation sites (N-methyl/N-ethyl adjacent to an activating group) is 7. The van der Waals surface area contributed by atoms with Gasteiger partial charge in [-0.15, -0.1) is 0 Å². The monoisotopic (exact) mass is 1120 g/mol. The molecule has 5 N–H and O–H groups in total. The van der Waals surface area contributed by atoms with Gasteiger partial charge in [0.25, 0.3) is 0 Å². The first-order valence-corrected chi connectivity index (χ1v) is 28.1. The average molecular weight is 1120 g/mol. The molecule has 1 aliphatic rings. The fourth-order valence-corrected chi connectivity index (χ4v) is 9.73. The van der Waals surface area contributed by atoms with E-state index in [1.54, 1.807) is 34.6 Å². The Bertz CT molecular complexity index is 2140. The molecule has 1 rings (SSSR count). The van der Waals surface area contributed by atoms with Crippen LogP contribution in [0, 0.1) is 35.5 Å². The molecule has 1 heterocycles. The van der Waals surface area contributed by atoms with Gasteiger partial charge in [-0.1, -0.05) is 90.0 Å². The molecule has 0 aromatic carbocycles. The van der Waals surface area contributed by atoms with Crippen molar-refractivity contribution in [2.75, 3.05) is 62.5 Å². The largest absolute Gasteiger partial charge is 0.394 e. The second-order valence-electron chi connectivity index (χ2n) is 24.1. The number of hydrogen-bond acceptors (Lipinski definition) is 12. The third-order valence-electron chi connectivity index (χ3n) is 14.7. The molecule has 0 spiro atoms. The number of carbonyl (C=O) groups excluding carboxylic acids is 11. The van der Waals surface area contributed by atoms with Gasteiger partial charge in [-0.2, -0.15) is 0 Å². The van der Waals surface area contributed by atoms with E-state index < -0.39 is 150 Å². The van der Waals surface area contributed by atoms with Crippen molar-refractivity contribution in [2.45, 2.75) is 196 Å². The van der Waals surface area contributed by atoms with Crippen LogP contribution < -0.4 is 21.3 Å². The average Bonchev–Trinajstić information content (AvgIpc) is 3.35. The zero-order valence-corrected chi connectivity index (χ0v) is 51.8. The number of amides is 11. The Morgan fingerprint density at radius 2 is 0.797 bits per heavy atom. The van der Waals surface area contributed by atoms with Crippen LogP contribution in [-0.2, 0) is 52.7 Å². The molecule has 23 heteroatoms. The maximum atomic E-state index is 14.8. The summed E-state index contributed by atoms with van der Waals surface area (Å²) in [5.74, 6) is -9.02. The minimum atomic E-state index is -1.54. The van der Waals surface area contributed by atoms with Gasteiger partial charge in [0.05, 0.1) is 13.2 Å². The predicted octanol–water partition coefficient (Wildman–Crippen LogP) is 1.30. The summed E-state index contributed by atoms with van der Waals surface area (Å²) in [6, 6.07) is -12.1. The first kappa shape index (κ1) is 71.1. The number of nitrogens with one attached hydrogen (secondary N) is 4. The van der Waals surface area contributed by atoms with Crippen LogP contribution in [0.3, 0.4) is 0 Å². The molecule has 11 amide bonds. The van der Waals surface area contributed by atoms with Crippen LogP contribution in [0.2, 0.25) is 0 Å². The molecule has 452 valence electrons. The summed E-state index contributed by atoms with van der Waals surface area (Å²) in [4.78, 5) is 166. The van der Waals surface area contributed by atoms with Gasteiger partial charge in [0, 0.05) is 49.3 Å². The molecule has 10 atom stereocenters. The second kappa shape index (κ2) is 31.8. The molecule has 0 aromatic rings. The fraction of sp³-hybridized carbons (Fsp3) is 0.804. The lowest BCUT2D eigenvalue weighted by molar-refractivity contribution is -0.156. The van der Waals surface area contributed by atoms with Crippen LogP contribution in [0.15, 0.2) is 0 Å². The quantitative estimate of drug-likeness (QED) is 0.185. The molecule has 1 saturated heterocycles. The zero-order chi connectivity index (χ0) is 61.4. The molecule has 0 saturated carbocycles. The van der Waals surface area contributed by atoms with Gasteiger partial charge in [0.1, 0.15) is 60.4 Å². The highest BCUT2D eigenvalue weighted by atomic mass is 16.3. The standard InChI is InChI=1S/C56H101N11O12/c1-23-38-52(75)61(16)28-44(69)62(17)39(24-30(2)3)49(72)60-45(34(10)11)55(78)63(18)40(25-31(4)5)48(71)57-36(14)47(70)58-37(15)51(74)64(19)41(26-32(6)7)53(76)65(20)42(27-33(8)9)54(77)67(22)46(35(12)13)56(79)66(21)43(29-68)50(73)59-38/h30-43,45-46,68H,23-29H2,1-22H3,(H,57,71)(H,58,70)(H,59,73)(H,60,72)/t36-,37+,38-,39-,40-,41-,42-,43-,45-,46-/m0/s1. The predicted molar refractivity (Wildman–Crippen MR) is 301 cm³/mol. The van der Waals surface area contributed by atoms with Crippen LogP contribution in [0.1, 0.15) is 136 Å². The maximum Gasteiger partial charge on any atom is 0.246 e. The third-order valence-corrected chi connectivity index (χ3v) is 14.7. The lowest BCUT2D eigenvalue weighted by Crippen LogP contribution is -2.62. The first-order valence-electron chi connectivity index (χ1n) is 28.1. The second-order valence-corrected chi connectivity index (χ2v) is 24.1. The van der Waals surface area contributed by atoms with Crippen LogP contribution in [0.25, 0.3) is 0 Å². The minimum Gasteiger partial charge on any atom is -0.394 e. The molecule has 0 unspecified atom stereocenters. The fourth-order valence-electron chi connectivity index (χ4n) is 9.73. The van der Waals surface area contributed by atoms with E-state index >= 15 is 0 Å². The van der Waals surface area contributed by atoms with Crippen molar-refractivity contribution in [1.82, 2.24) is 55.6 Å². The summed E-state index contributed by atoms with van der Waals surface area (Å²) in [6.45, 7) is 24.8. The third kappa shape index (κ3) is 19.7. The van der Waals surface area contributed by atoms with Gasteiger partial charge in [0.15, 0.2) is 0 Å². The first-order chi connectivity index (χ1) is 36.4. The van der Waals surface area contributed by atoms with Crippen molar-refractivity contribution >= 4 is 65.0 Å². The van der Waals surface area contributed by atoms with Crippen LogP contribution in [0.5, 0.6) is 0 Å². The summed E-state index contributed by atoms with van der Waals surface area (Å²) < 4.78 is 0. The lowest BCUT2D eigenvalue weighted by Gasteiger charge is -2.40. The van der Waals surface area contributed by atoms with Gasteiger partial charge in [0.2, 0.25) is 65.0 Å². The molecular weight excluding hydrogens is 1020 g/mol. The molecule has 0 radical (unpaired) electrons. The normalized spacial score (nSPS) is 27.1. The van der Waals surface area contributed by atoms with Crippen molar-refractivity contribution in [1.29, 1.82) is 0 Å². The molecule has 0 aromatic heterocycles. The van der Waals surface area contributed by atoms with Crippen LogP contribution in [-0.4, -0.2) is 227 Å². The Hall–Kier alpha value is -5.87. The Morgan fingerprint density at radius 3 is 1.23 bits per heavy atom. The summed E-state index contributed by atoms with van der Waals surface area (Å²) in [7, 11) is 9.80. The van der Waals surface area contributed by atoms with E-state index in [2.05, 4.69) is 21.3 Å². The van der Waals surface area contributed by atoms with Gasteiger partial charge < -0.3 is 60.7 Å². The van der Waals surface area contributed by atoms with Crippen molar-refractivity contribution in [3.63, 3.8) is 0 Å². The molecule has 1 aliphatic heterocycles. The van der Waals surface area contributed by atoms with Crippen molar-refractivity contribution < 1.29 is 57.8 Å². The minimum absolute atomic E-state index is 0.0380. The number of nitrogens with zero attached hydrogens (tertiary/aromatic N) is 7. The van der Waals surface area contributed by atoms with E-state index in [4.69, 9.17) is 0 Å². The van der Waals surface area contributed by atoms with Gasteiger partial charge in [-0.05, 0) is 81.5 Å². The highest BCUT2D eigenvalue weighted by Crippen LogP contribution is 2.24. The summed E-state index contributed by atoms with van der Waals surface area (Å²) in [5.41, 5.74) is 0. The maximum absolute atomic E-state index is 14.8. The van der Waals surface area contributed by atoms with Crippen LogP contribution in [0.4, 0.5) is 0 Å². The topological polar surface area (TPSA) is 279 Å². The Morgan fingerprint density at radius 1 is 0.418 bits per heavy atom. The highest BCUT2D eigenvalue weighted by molar-refractivity contribution is 5.99. The van der Waals surface area contributed by atoms with Crippen LogP contribution >= 0.6 is 0 Å². The molecule has 0 bridgehead atoms. The van der Waals surface area contributed by atoms with E-state index in [0.29, 0.717) is 0 Å². The molecule has 79 heavy (non-hydrogen) atoms. The SMILES string of the molecule is CC[C@@H]1NC(=O)[C@H](CO)N(C)C(=O)[C@H](C(C)C)N(C)C(=O)[C@H](CC(C)C)N(C)C(=O)[C@H](CC(C)C)N(C)C(=O)[C@@H](C)NC(=O)[C@H](C)NC(=O)[C@H](CC(C)C)N(C)C(=O)[C@H](C(C)C)NC(=O)[C@H](CC(C)C)N(C)C(=O)CN(C)C1=O. The van der Waals surface area contributed by atoms with Gasteiger partial charge in [-0.25, -0.2) is 0 Å². The Kier molecular flexibility index (Phi) is 28.6. The Balaban J connectivity index is 4.13. The number of rotatable bonds is 12. The number of carbonyl (C=O) groups is 11. The smallest absolute Gasteiger partial charge is 0.246 e. The van der Waals surface area contributed by atoms with Gasteiger partial charge in [-0.3, -0.25) is 52.7 Å². The molecule has 0 aliphatic carbocycles. The zero-order valence-electron chi connectivity index (χ0n) is 51.8. The lowest BCUT2D eigenvalue weighted by atomic mass is 9.95. The number of hydrogen-bond donors (Lipinski definition) is 5.